The largest absolute Gasteiger partial charge is 0.490 e. The number of nitrogens with one attached hydrogen (secondary N) is 3. The summed E-state index contributed by atoms with van der Waals surface area (Å²) in [7, 11) is 1.62. The van der Waals surface area contributed by atoms with Crippen LogP contribution in [-0.4, -0.2) is 78.9 Å². The topological polar surface area (TPSA) is 165 Å². The van der Waals surface area contributed by atoms with Gasteiger partial charge in [-0.1, -0.05) is 60.7 Å². The van der Waals surface area contributed by atoms with E-state index >= 15 is 0 Å². The molecule has 0 fully saturated rings. The average Bonchev–Trinajstić information content (AvgIpc) is 3.21. The second-order valence-electron chi connectivity index (χ2n) is 11.4. The number of fused-ring (bicyclic) bond motifs is 2. The van der Waals surface area contributed by atoms with Crippen LogP contribution in [0.25, 0.3) is 10.8 Å². The number of hydrogen-bond acceptors (Lipinski definition) is 7. The molecule has 51 heavy (non-hydrogen) atoms. The number of hydrogen-bond donors (Lipinski definition) is 4. The molecule has 2 atom stereocenters. The molecule has 1 aliphatic heterocycles. The van der Waals surface area contributed by atoms with Gasteiger partial charge in [0.15, 0.2) is 5.78 Å². The highest BCUT2D eigenvalue weighted by molar-refractivity contribution is 6.15. The maximum absolute atomic E-state index is 14.1. The number of carboxylic acids is 1. The number of carbonyl (C=O) groups is 6. The van der Waals surface area contributed by atoms with Crippen molar-refractivity contribution in [2.75, 3.05) is 35.3 Å². The first-order valence-corrected chi connectivity index (χ1v) is 15.5. The van der Waals surface area contributed by atoms with Gasteiger partial charge < -0.3 is 26.0 Å². The van der Waals surface area contributed by atoms with Gasteiger partial charge in [0.25, 0.3) is 11.8 Å². The van der Waals surface area contributed by atoms with Crippen LogP contribution in [0.5, 0.6) is 0 Å². The Hall–Kier alpha value is -6.09. The highest BCUT2D eigenvalue weighted by Crippen LogP contribution is 2.34. The summed E-state index contributed by atoms with van der Waals surface area (Å²) in [6, 6.07) is 24.5. The van der Waals surface area contributed by atoms with Crippen molar-refractivity contribution in [2.24, 2.45) is 0 Å². The first kappa shape index (κ1) is 37.7. The van der Waals surface area contributed by atoms with Crippen molar-refractivity contribution >= 4 is 63.2 Å². The predicted octanol–water partition coefficient (Wildman–Crippen LogP) is 4.40. The van der Waals surface area contributed by atoms with Crippen molar-refractivity contribution in [2.45, 2.75) is 32.1 Å². The Labute approximate surface area is 290 Å². The summed E-state index contributed by atoms with van der Waals surface area (Å²) >= 11 is 0. The molecule has 4 aromatic carbocycles. The lowest BCUT2D eigenvalue weighted by Gasteiger charge is -2.26. The summed E-state index contributed by atoms with van der Waals surface area (Å²) in [5.74, 6) is -4.73. The number of amides is 4. The van der Waals surface area contributed by atoms with Crippen LogP contribution in [-0.2, 0) is 19.2 Å². The van der Waals surface area contributed by atoms with Crippen molar-refractivity contribution in [1.29, 1.82) is 0 Å². The molecule has 1 heterocycles. The van der Waals surface area contributed by atoms with Crippen LogP contribution in [0.3, 0.4) is 0 Å². The fraction of sp³-hybridized carbons (Fsp3) is 0.222. The van der Waals surface area contributed by atoms with Crippen molar-refractivity contribution in [1.82, 2.24) is 10.6 Å². The molecule has 4 aromatic rings. The van der Waals surface area contributed by atoms with E-state index in [0.29, 0.717) is 28.2 Å². The van der Waals surface area contributed by atoms with Crippen LogP contribution in [0.4, 0.5) is 30.2 Å². The van der Waals surface area contributed by atoms with E-state index in [1.54, 1.807) is 68.6 Å². The second-order valence-corrected chi connectivity index (χ2v) is 11.4. The molecule has 0 aromatic heterocycles. The number of halogens is 3. The van der Waals surface area contributed by atoms with Gasteiger partial charge in [0.05, 0.1) is 24.0 Å². The highest BCUT2D eigenvalue weighted by atomic mass is 19.4. The van der Waals surface area contributed by atoms with E-state index < -0.39 is 47.9 Å². The quantitative estimate of drug-likeness (QED) is 0.196. The molecular formula is C36H34F3N5O7. The number of rotatable bonds is 8. The summed E-state index contributed by atoms with van der Waals surface area (Å²) in [5.41, 5.74) is 2.10. The van der Waals surface area contributed by atoms with Crippen LogP contribution in [0, 0.1) is 0 Å². The Morgan fingerprint density at radius 1 is 0.863 bits per heavy atom. The standard InChI is InChI=1S/C34H33N5O5.C2HF3O2/c1-21(35-3)32(42)37-28-19-38(33(43)25-17-15-23(16-18-25)22(2)40)29-13-6-7-14-30(29)39(34(28)44)20-31(41)36-27-12-8-10-24-9-4-5-11-26(24)27;3-2(4,5)1(6)7/h4-18,21,28,35H,19-20H2,1-3H3,(H,36,41)(H,37,42);(H,6,7)/t21-,28-;/m0./s1. The molecule has 0 bridgehead atoms. The molecular weight excluding hydrogens is 671 g/mol. The van der Waals surface area contributed by atoms with E-state index in [9.17, 15) is 37.1 Å². The maximum atomic E-state index is 14.1. The number of nitrogens with zero attached hydrogens (tertiary/aromatic N) is 2. The van der Waals surface area contributed by atoms with Crippen LogP contribution >= 0.6 is 0 Å². The highest BCUT2D eigenvalue weighted by Gasteiger charge is 2.39. The fourth-order valence-corrected chi connectivity index (χ4v) is 5.15. The maximum Gasteiger partial charge on any atom is 0.490 e. The number of aliphatic carboxylic acids is 1. The normalized spacial score (nSPS) is 14.7. The Morgan fingerprint density at radius 2 is 1.43 bits per heavy atom. The predicted molar refractivity (Wildman–Crippen MR) is 184 cm³/mol. The monoisotopic (exact) mass is 705 g/mol. The lowest BCUT2D eigenvalue weighted by atomic mass is 10.1. The molecule has 0 unspecified atom stereocenters. The van der Waals surface area contributed by atoms with E-state index in [-0.39, 0.29) is 18.9 Å². The molecule has 0 aliphatic carbocycles. The molecule has 266 valence electrons. The van der Waals surface area contributed by atoms with Gasteiger partial charge in [-0.15, -0.1) is 0 Å². The molecule has 0 radical (unpaired) electrons. The number of para-hydroxylation sites is 2. The zero-order chi connectivity index (χ0) is 37.5. The third kappa shape index (κ3) is 9.13. The number of carbonyl (C=O) groups excluding carboxylic acids is 5. The number of Topliss-reactive ketones (excluding diaryl/α,β-unsaturated/α-hetero) is 1. The minimum Gasteiger partial charge on any atom is -0.475 e. The first-order valence-electron chi connectivity index (χ1n) is 15.5. The summed E-state index contributed by atoms with van der Waals surface area (Å²) in [5, 5.41) is 17.5. The third-order valence-electron chi connectivity index (χ3n) is 7.93. The lowest BCUT2D eigenvalue weighted by Crippen LogP contribution is -2.56. The third-order valence-corrected chi connectivity index (χ3v) is 7.93. The number of carboxylic acid groups (broad SMARTS) is 1. The zero-order valence-corrected chi connectivity index (χ0v) is 27.7. The van der Waals surface area contributed by atoms with E-state index in [2.05, 4.69) is 16.0 Å². The molecule has 0 saturated heterocycles. The van der Waals surface area contributed by atoms with E-state index in [4.69, 9.17) is 9.90 Å². The molecule has 4 N–H and O–H groups in total. The first-order chi connectivity index (χ1) is 24.1. The van der Waals surface area contributed by atoms with Crippen molar-refractivity contribution in [3.05, 3.63) is 102 Å². The van der Waals surface area contributed by atoms with Gasteiger partial charge in [0.1, 0.15) is 12.6 Å². The Kier molecular flexibility index (Phi) is 11.9. The summed E-state index contributed by atoms with van der Waals surface area (Å²) in [6.07, 6.45) is -5.08. The van der Waals surface area contributed by atoms with Gasteiger partial charge in [0.2, 0.25) is 11.8 Å². The number of benzene rings is 4. The molecule has 5 rings (SSSR count). The van der Waals surface area contributed by atoms with Crippen LogP contribution in [0.1, 0.15) is 34.6 Å². The van der Waals surface area contributed by atoms with E-state index in [1.165, 1.54) is 16.7 Å². The number of anilines is 3. The van der Waals surface area contributed by atoms with Crippen LogP contribution < -0.4 is 25.8 Å². The van der Waals surface area contributed by atoms with Gasteiger partial charge >= 0.3 is 12.1 Å². The van der Waals surface area contributed by atoms with Gasteiger partial charge in [-0.2, -0.15) is 13.2 Å². The molecule has 0 spiro atoms. The smallest absolute Gasteiger partial charge is 0.475 e. The SMILES string of the molecule is CN[C@@H](C)C(=O)N[C@H]1CN(C(=O)c2ccc(C(C)=O)cc2)c2ccccc2N(CC(=O)Nc2cccc3ccccc23)C1=O.O=C(O)C(F)(F)F. The van der Waals surface area contributed by atoms with Crippen molar-refractivity contribution in [3.63, 3.8) is 0 Å². The molecule has 4 amide bonds. The minimum atomic E-state index is -5.08. The fourth-order valence-electron chi connectivity index (χ4n) is 5.15. The Balaban J connectivity index is 0.000000755. The van der Waals surface area contributed by atoms with Crippen molar-refractivity contribution in [3.8, 4) is 0 Å². The Bertz CT molecular complexity index is 1960. The summed E-state index contributed by atoms with van der Waals surface area (Å²) < 4.78 is 31.7. The van der Waals surface area contributed by atoms with Gasteiger partial charge in [-0.3, -0.25) is 28.9 Å². The van der Waals surface area contributed by atoms with Gasteiger partial charge in [0, 0.05) is 22.2 Å². The zero-order valence-electron chi connectivity index (χ0n) is 27.7. The van der Waals surface area contributed by atoms with Crippen molar-refractivity contribution < 1.29 is 47.0 Å². The average molecular weight is 706 g/mol. The number of likely N-dealkylation sites (N-methyl/N-ethyl adjacent to an activating group) is 1. The molecule has 12 nitrogen and oxygen atoms in total. The molecule has 15 heteroatoms. The molecule has 0 saturated carbocycles. The van der Waals surface area contributed by atoms with E-state index in [1.807, 2.05) is 36.4 Å². The number of alkyl halides is 3. The molecule has 1 aliphatic rings. The summed E-state index contributed by atoms with van der Waals surface area (Å²) in [6.45, 7) is 2.56. The van der Waals surface area contributed by atoms with Crippen LogP contribution in [0.2, 0.25) is 0 Å². The lowest BCUT2D eigenvalue weighted by molar-refractivity contribution is -0.192. The van der Waals surface area contributed by atoms with E-state index in [0.717, 1.165) is 10.8 Å². The number of ketones is 1. The second kappa shape index (κ2) is 16.1. The Morgan fingerprint density at radius 3 is 2.04 bits per heavy atom. The minimum absolute atomic E-state index is 0.131. The van der Waals surface area contributed by atoms with Gasteiger partial charge in [-0.25, -0.2) is 4.79 Å². The van der Waals surface area contributed by atoms with Crippen LogP contribution in [0.15, 0.2) is 91.0 Å². The van der Waals surface area contributed by atoms with Gasteiger partial charge in [-0.05, 0) is 56.6 Å². The summed E-state index contributed by atoms with van der Waals surface area (Å²) in [4.78, 5) is 77.9.